The molecule has 0 aliphatic heterocycles. The molecule has 0 fully saturated rings. The summed E-state index contributed by atoms with van der Waals surface area (Å²) in [4.78, 5) is 2.66. The number of aromatic nitrogens is 2. The van der Waals surface area contributed by atoms with Crippen molar-refractivity contribution in [3.05, 3.63) is 33.8 Å². The summed E-state index contributed by atoms with van der Waals surface area (Å²) in [7, 11) is 3.84. The summed E-state index contributed by atoms with van der Waals surface area (Å²) in [6.07, 6.45) is 3.60. The van der Waals surface area contributed by atoms with Crippen molar-refractivity contribution in [1.29, 1.82) is 0 Å². The molecule has 0 atom stereocenters. The van der Waals surface area contributed by atoms with E-state index >= 15 is 0 Å². The Labute approximate surface area is 105 Å². The third-order valence-electron chi connectivity index (χ3n) is 2.50. The molecular formula is C12H17N3OS. The molecule has 0 bridgehead atoms. The minimum atomic E-state index is 0.609. The number of nitrogens with zero attached hydrogens (tertiary/aromatic N) is 2. The van der Waals surface area contributed by atoms with Gasteiger partial charge < -0.3 is 10.1 Å². The van der Waals surface area contributed by atoms with E-state index in [1.165, 1.54) is 15.3 Å². The maximum absolute atomic E-state index is 5.69. The third kappa shape index (κ3) is 3.08. The number of ether oxygens (including phenoxy) is 1. The first-order chi connectivity index (χ1) is 8.19. The van der Waals surface area contributed by atoms with Crippen LogP contribution < -0.4 is 10.1 Å². The van der Waals surface area contributed by atoms with Crippen LogP contribution in [0.3, 0.4) is 0 Å². The Morgan fingerprint density at radius 3 is 3.00 bits per heavy atom. The van der Waals surface area contributed by atoms with Gasteiger partial charge in [-0.1, -0.05) is 0 Å². The lowest BCUT2D eigenvalue weighted by Gasteiger charge is -2.01. The van der Waals surface area contributed by atoms with Crippen molar-refractivity contribution in [1.82, 2.24) is 15.1 Å². The molecule has 0 radical (unpaired) electrons. The Hall–Kier alpha value is -1.33. The number of rotatable bonds is 5. The van der Waals surface area contributed by atoms with Gasteiger partial charge in [-0.05, 0) is 20.0 Å². The zero-order valence-corrected chi connectivity index (χ0v) is 11.2. The summed E-state index contributed by atoms with van der Waals surface area (Å²) in [5, 5.41) is 7.23. The Morgan fingerprint density at radius 1 is 1.53 bits per heavy atom. The van der Waals surface area contributed by atoms with Gasteiger partial charge in [0.25, 0.3) is 0 Å². The first kappa shape index (κ1) is 12.1. The lowest BCUT2D eigenvalue weighted by atomic mass is 10.2. The lowest BCUT2D eigenvalue weighted by Crippen LogP contribution is -2.02. The fourth-order valence-electron chi connectivity index (χ4n) is 1.63. The van der Waals surface area contributed by atoms with Crippen molar-refractivity contribution in [2.45, 2.75) is 20.1 Å². The molecule has 0 aromatic carbocycles. The minimum Gasteiger partial charge on any atom is -0.486 e. The molecule has 2 aromatic heterocycles. The summed E-state index contributed by atoms with van der Waals surface area (Å²) < 4.78 is 7.43. The molecule has 0 aliphatic carbocycles. The maximum atomic E-state index is 5.69. The van der Waals surface area contributed by atoms with Gasteiger partial charge in [-0.2, -0.15) is 5.10 Å². The molecule has 0 aliphatic rings. The van der Waals surface area contributed by atoms with E-state index in [0.717, 1.165) is 12.3 Å². The predicted octanol–water partition coefficient (Wildman–Crippen LogP) is 2.09. The average Bonchev–Trinajstić information content (AvgIpc) is 2.83. The quantitative estimate of drug-likeness (QED) is 0.884. The van der Waals surface area contributed by atoms with Crippen molar-refractivity contribution < 1.29 is 4.74 Å². The van der Waals surface area contributed by atoms with Gasteiger partial charge in [0.1, 0.15) is 6.61 Å². The first-order valence-corrected chi connectivity index (χ1v) is 6.35. The van der Waals surface area contributed by atoms with Crippen molar-refractivity contribution in [3.8, 4) is 5.75 Å². The first-order valence-electron chi connectivity index (χ1n) is 5.53. The van der Waals surface area contributed by atoms with E-state index in [1.807, 2.05) is 31.6 Å². The molecule has 2 heterocycles. The van der Waals surface area contributed by atoms with E-state index in [0.29, 0.717) is 6.61 Å². The molecule has 5 heteroatoms. The average molecular weight is 251 g/mol. The van der Waals surface area contributed by atoms with Crippen LogP contribution in [0.4, 0.5) is 0 Å². The monoisotopic (exact) mass is 251 g/mol. The molecule has 92 valence electrons. The van der Waals surface area contributed by atoms with Gasteiger partial charge >= 0.3 is 0 Å². The summed E-state index contributed by atoms with van der Waals surface area (Å²) in [5.74, 6) is 0.813. The smallest absolute Gasteiger partial charge is 0.157 e. The van der Waals surface area contributed by atoms with Crippen LogP contribution in [0.1, 0.15) is 15.3 Å². The highest BCUT2D eigenvalue weighted by Crippen LogP contribution is 2.23. The van der Waals surface area contributed by atoms with Crippen LogP contribution in [-0.2, 0) is 20.2 Å². The van der Waals surface area contributed by atoms with Crippen LogP contribution in [0.15, 0.2) is 18.5 Å². The molecule has 2 aromatic rings. The van der Waals surface area contributed by atoms with Crippen LogP contribution >= 0.6 is 11.3 Å². The van der Waals surface area contributed by atoms with Crippen molar-refractivity contribution >= 4 is 11.3 Å². The molecule has 4 nitrogen and oxygen atoms in total. The Bertz CT molecular complexity index is 490. The molecule has 17 heavy (non-hydrogen) atoms. The van der Waals surface area contributed by atoms with Gasteiger partial charge in [-0.3, -0.25) is 4.68 Å². The molecular weight excluding hydrogens is 234 g/mol. The van der Waals surface area contributed by atoms with Crippen LogP contribution in [0, 0.1) is 6.92 Å². The van der Waals surface area contributed by atoms with Gasteiger partial charge in [0.05, 0.1) is 12.4 Å². The Morgan fingerprint density at radius 2 is 2.35 bits per heavy atom. The second-order valence-electron chi connectivity index (χ2n) is 3.96. The van der Waals surface area contributed by atoms with Gasteiger partial charge in [0.2, 0.25) is 0 Å². The summed E-state index contributed by atoms with van der Waals surface area (Å²) in [6, 6.07) is 2.20. The molecule has 0 spiro atoms. The van der Waals surface area contributed by atoms with Crippen LogP contribution in [0.25, 0.3) is 0 Å². The third-order valence-corrected chi connectivity index (χ3v) is 3.59. The fraction of sp³-hybridized carbons (Fsp3) is 0.417. The van der Waals surface area contributed by atoms with Gasteiger partial charge in [0.15, 0.2) is 5.75 Å². The normalized spacial score (nSPS) is 10.8. The van der Waals surface area contributed by atoms with Crippen molar-refractivity contribution in [2.24, 2.45) is 7.05 Å². The van der Waals surface area contributed by atoms with Crippen molar-refractivity contribution in [2.75, 3.05) is 7.05 Å². The highest BCUT2D eigenvalue weighted by atomic mass is 32.1. The van der Waals surface area contributed by atoms with E-state index in [-0.39, 0.29) is 0 Å². The summed E-state index contributed by atoms with van der Waals surface area (Å²) in [6.45, 7) is 3.65. The molecule has 1 N–H and O–H groups in total. The minimum absolute atomic E-state index is 0.609. The number of aryl methyl sites for hydroxylation is 2. The van der Waals surface area contributed by atoms with Crippen LogP contribution in [0.5, 0.6) is 5.75 Å². The SMILES string of the molecule is CNCc1cc(COc2cnn(C)c2)c(C)s1. The topological polar surface area (TPSA) is 39.1 Å². The Balaban J connectivity index is 1.98. The standard InChI is InChI=1S/C12H17N3OS/c1-9-10(4-12(17-9)6-13-2)8-16-11-5-14-15(3)7-11/h4-5,7,13H,6,8H2,1-3H3. The second kappa shape index (κ2) is 5.33. The molecule has 0 saturated carbocycles. The molecule has 0 amide bonds. The Kier molecular flexibility index (Phi) is 3.81. The maximum Gasteiger partial charge on any atom is 0.157 e. The predicted molar refractivity (Wildman–Crippen MR) is 69.4 cm³/mol. The van der Waals surface area contributed by atoms with Crippen LogP contribution in [0.2, 0.25) is 0 Å². The van der Waals surface area contributed by atoms with E-state index in [9.17, 15) is 0 Å². The van der Waals surface area contributed by atoms with Gasteiger partial charge in [0, 0.05) is 28.9 Å². The van der Waals surface area contributed by atoms with E-state index in [1.54, 1.807) is 10.9 Å². The highest BCUT2D eigenvalue weighted by Gasteiger charge is 2.06. The van der Waals surface area contributed by atoms with E-state index in [2.05, 4.69) is 23.4 Å². The van der Waals surface area contributed by atoms with Crippen LogP contribution in [-0.4, -0.2) is 16.8 Å². The van der Waals surface area contributed by atoms with Gasteiger partial charge in [-0.15, -0.1) is 11.3 Å². The summed E-state index contributed by atoms with van der Waals surface area (Å²) in [5.41, 5.74) is 1.25. The number of nitrogens with one attached hydrogen (secondary N) is 1. The highest BCUT2D eigenvalue weighted by molar-refractivity contribution is 7.12. The van der Waals surface area contributed by atoms with Crippen molar-refractivity contribution in [3.63, 3.8) is 0 Å². The van der Waals surface area contributed by atoms with Gasteiger partial charge in [-0.25, -0.2) is 0 Å². The zero-order chi connectivity index (χ0) is 12.3. The second-order valence-corrected chi connectivity index (χ2v) is 5.30. The number of thiophene rings is 1. The number of hydrogen-bond donors (Lipinski definition) is 1. The van der Waals surface area contributed by atoms with E-state index in [4.69, 9.17) is 4.74 Å². The van der Waals surface area contributed by atoms with E-state index < -0.39 is 0 Å². The molecule has 0 unspecified atom stereocenters. The molecule has 0 saturated heterocycles. The summed E-state index contributed by atoms with van der Waals surface area (Å²) >= 11 is 1.82. The zero-order valence-electron chi connectivity index (χ0n) is 10.4. The lowest BCUT2D eigenvalue weighted by molar-refractivity contribution is 0.305. The molecule has 2 rings (SSSR count). The largest absolute Gasteiger partial charge is 0.486 e. The fourth-order valence-corrected chi connectivity index (χ4v) is 2.69. The number of hydrogen-bond acceptors (Lipinski definition) is 4.